The maximum Gasteiger partial charge on any atom is 0.573 e. The van der Waals surface area contributed by atoms with Gasteiger partial charge in [-0.1, -0.05) is 24.3 Å². The van der Waals surface area contributed by atoms with E-state index in [1.807, 2.05) is 25.8 Å². The van der Waals surface area contributed by atoms with E-state index in [2.05, 4.69) is 52.6 Å². The van der Waals surface area contributed by atoms with Crippen molar-refractivity contribution in [3.63, 3.8) is 0 Å². The highest BCUT2D eigenvalue weighted by Crippen LogP contribution is 2.39. The third-order valence-electron chi connectivity index (χ3n) is 6.45. The molecular weight excluding hydrogens is 431 g/mol. The van der Waals surface area contributed by atoms with Gasteiger partial charge in [0.15, 0.2) is 0 Å². The summed E-state index contributed by atoms with van der Waals surface area (Å²) in [6.07, 6.45) is -4.41. The van der Waals surface area contributed by atoms with Gasteiger partial charge in [0, 0.05) is 25.3 Å². The smallest absolute Gasteiger partial charge is 0.406 e. The van der Waals surface area contributed by atoms with Crippen molar-refractivity contribution in [1.29, 1.82) is 0 Å². The van der Waals surface area contributed by atoms with Crippen molar-refractivity contribution >= 4 is 11.6 Å². The van der Waals surface area contributed by atoms with Crippen molar-refractivity contribution < 1.29 is 22.7 Å². The molecule has 1 atom stereocenters. The number of likely N-dealkylation sites (N-methyl/N-ethyl adjacent to an activating group) is 1. The Morgan fingerprint density at radius 3 is 2.09 bits per heavy atom. The number of benzene rings is 2. The van der Waals surface area contributed by atoms with Gasteiger partial charge in [0.2, 0.25) is 5.91 Å². The highest BCUT2D eigenvalue weighted by molar-refractivity contribution is 5.88. The third kappa shape index (κ3) is 5.43. The number of hydrogen-bond acceptors (Lipinski definition) is 4. The Morgan fingerprint density at radius 2 is 1.58 bits per heavy atom. The van der Waals surface area contributed by atoms with Gasteiger partial charge >= 0.3 is 6.36 Å². The molecule has 3 rings (SSSR count). The monoisotopic (exact) mass is 463 g/mol. The number of amides is 1. The normalized spacial score (nSPS) is 18.6. The summed E-state index contributed by atoms with van der Waals surface area (Å²) in [5, 5.41) is 0. The van der Waals surface area contributed by atoms with Gasteiger partial charge in [-0.3, -0.25) is 9.69 Å². The number of hydrogen-bond donors (Lipinski definition) is 0. The second-order valence-corrected chi connectivity index (χ2v) is 8.75. The molecule has 0 saturated carbocycles. The first-order valence-electron chi connectivity index (χ1n) is 11.2. The number of rotatable bonds is 8. The number of carbonyl (C=O) groups excluding carboxylic acids is 1. The van der Waals surface area contributed by atoms with Crippen molar-refractivity contribution in [1.82, 2.24) is 9.80 Å². The van der Waals surface area contributed by atoms with E-state index in [0.717, 1.165) is 29.9 Å². The maximum atomic E-state index is 13.3. The fraction of sp³-hybridized carbons (Fsp3) is 0.480. The molecule has 180 valence electrons. The lowest BCUT2D eigenvalue weighted by Gasteiger charge is -2.31. The molecule has 1 heterocycles. The van der Waals surface area contributed by atoms with Crippen LogP contribution < -0.4 is 9.64 Å². The summed E-state index contributed by atoms with van der Waals surface area (Å²) in [4.78, 5) is 19.4. The summed E-state index contributed by atoms with van der Waals surface area (Å²) in [5.41, 5.74) is 2.34. The molecule has 0 N–H and O–H groups in total. The van der Waals surface area contributed by atoms with Gasteiger partial charge in [0.05, 0.1) is 5.54 Å². The molecule has 0 aliphatic carbocycles. The van der Waals surface area contributed by atoms with E-state index in [-0.39, 0.29) is 17.8 Å². The topological polar surface area (TPSA) is 36.0 Å². The molecule has 33 heavy (non-hydrogen) atoms. The first kappa shape index (κ1) is 24.9. The Labute approximate surface area is 193 Å². The van der Waals surface area contributed by atoms with Crippen LogP contribution in [0, 0.1) is 0 Å². The molecule has 8 heteroatoms. The molecule has 0 radical (unpaired) electrons. The van der Waals surface area contributed by atoms with Crippen LogP contribution in [-0.2, 0) is 11.2 Å². The van der Waals surface area contributed by atoms with E-state index in [4.69, 9.17) is 0 Å². The molecule has 1 amide bonds. The van der Waals surface area contributed by atoms with E-state index >= 15 is 0 Å². The summed E-state index contributed by atoms with van der Waals surface area (Å²) in [5.74, 6) is -0.227. The van der Waals surface area contributed by atoms with Crippen molar-refractivity contribution in [2.45, 2.75) is 52.2 Å². The zero-order valence-electron chi connectivity index (χ0n) is 19.8. The van der Waals surface area contributed by atoms with E-state index in [0.29, 0.717) is 13.0 Å². The van der Waals surface area contributed by atoms with Gasteiger partial charge in [-0.15, -0.1) is 13.2 Å². The zero-order valence-corrected chi connectivity index (χ0v) is 19.8. The highest BCUT2D eigenvalue weighted by atomic mass is 19.4. The van der Waals surface area contributed by atoms with E-state index in [9.17, 15) is 18.0 Å². The zero-order chi connectivity index (χ0) is 24.4. The van der Waals surface area contributed by atoms with Gasteiger partial charge < -0.3 is 14.5 Å². The molecule has 1 unspecified atom stereocenters. The molecule has 1 aliphatic rings. The minimum atomic E-state index is -4.71. The predicted octanol–water partition coefficient (Wildman–Crippen LogP) is 5.23. The largest absolute Gasteiger partial charge is 0.573 e. The number of anilines is 1. The van der Waals surface area contributed by atoms with Crippen LogP contribution in [0.1, 0.15) is 45.0 Å². The number of carbonyl (C=O) groups is 1. The lowest BCUT2D eigenvalue weighted by atomic mass is 10.0. The molecule has 0 spiro atoms. The average Bonchev–Trinajstić information content (AvgIpc) is 2.93. The molecule has 2 aromatic carbocycles. The second kappa shape index (κ2) is 9.63. The summed E-state index contributed by atoms with van der Waals surface area (Å²) in [6.45, 7) is 10.4. The number of alkyl halides is 3. The Hall–Kier alpha value is -2.74. The number of ether oxygens (including phenoxy) is 1. The van der Waals surface area contributed by atoms with Gasteiger partial charge in [0.1, 0.15) is 11.9 Å². The molecule has 2 aromatic rings. The first-order chi connectivity index (χ1) is 15.5. The Bertz CT molecular complexity index is 939. The molecule has 5 nitrogen and oxygen atoms in total. The van der Waals surface area contributed by atoms with Gasteiger partial charge in [-0.2, -0.15) is 0 Å². The summed E-state index contributed by atoms with van der Waals surface area (Å²) in [7, 11) is 1.95. The molecule has 1 aliphatic heterocycles. The lowest BCUT2D eigenvalue weighted by molar-refractivity contribution is -0.274. The lowest BCUT2D eigenvalue weighted by Crippen LogP contribution is -2.41. The Morgan fingerprint density at radius 1 is 1.00 bits per heavy atom. The van der Waals surface area contributed by atoms with Crippen LogP contribution in [0.15, 0.2) is 48.5 Å². The summed E-state index contributed by atoms with van der Waals surface area (Å²) < 4.78 is 41.1. The quantitative estimate of drug-likeness (QED) is 0.538. The fourth-order valence-electron chi connectivity index (χ4n) is 4.31. The maximum absolute atomic E-state index is 13.3. The molecular formula is C25H32F3N3O2. The molecule has 1 fully saturated rings. The van der Waals surface area contributed by atoms with Crippen LogP contribution in [-0.4, -0.2) is 54.3 Å². The van der Waals surface area contributed by atoms with E-state index in [1.54, 1.807) is 12.1 Å². The summed E-state index contributed by atoms with van der Waals surface area (Å²) in [6, 6.07) is 14.1. The van der Waals surface area contributed by atoms with Crippen LogP contribution in [0.4, 0.5) is 18.9 Å². The van der Waals surface area contributed by atoms with Crippen molar-refractivity contribution in [2.75, 3.05) is 31.6 Å². The molecule has 0 aromatic heterocycles. The molecule has 1 saturated heterocycles. The summed E-state index contributed by atoms with van der Waals surface area (Å²) >= 11 is 0. The van der Waals surface area contributed by atoms with Crippen LogP contribution in [0.2, 0.25) is 0 Å². The van der Waals surface area contributed by atoms with Crippen molar-refractivity contribution in [3.8, 4) is 5.75 Å². The predicted molar refractivity (Wildman–Crippen MR) is 123 cm³/mol. The van der Waals surface area contributed by atoms with E-state index < -0.39 is 11.9 Å². The molecule has 0 bridgehead atoms. The van der Waals surface area contributed by atoms with Gasteiger partial charge in [-0.05, 0) is 76.6 Å². The number of nitrogens with zero attached hydrogens (tertiary/aromatic N) is 3. The standard InChI is InChI=1S/C25H32F3N3O2/c1-6-30(7-2)20-12-10-19(11-13-20)22-29(5)24(3,4)23(32)31(22)17-16-18-8-14-21(15-9-18)33-25(26,27)28/h8-15,22H,6-7,16-17H2,1-5H3. The minimum absolute atomic E-state index is 0.0276. The SMILES string of the molecule is CCN(CC)c1ccc(C2N(CCc3ccc(OC(F)(F)F)cc3)C(=O)C(C)(C)N2C)cc1. The fourth-order valence-corrected chi connectivity index (χ4v) is 4.31. The third-order valence-corrected chi connectivity index (χ3v) is 6.45. The van der Waals surface area contributed by atoms with Crippen molar-refractivity contribution in [3.05, 3.63) is 59.7 Å². The van der Waals surface area contributed by atoms with Crippen molar-refractivity contribution in [2.24, 2.45) is 0 Å². The minimum Gasteiger partial charge on any atom is -0.406 e. The Kier molecular flexibility index (Phi) is 7.26. The second-order valence-electron chi connectivity index (χ2n) is 8.75. The average molecular weight is 464 g/mol. The highest BCUT2D eigenvalue weighted by Gasteiger charge is 2.49. The first-order valence-corrected chi connectivity index (χ1v) is 11.2. The van der Waals surface area contributed by atoms with Crippen LogP contribution in [0.3, 0.4) is 0 Å². The van der Waals surface area contributed by atoms with Crippen LogP contribution in [0.5, 0.6) is 5.75 Å². The Balaban J connectivity index is 1.78. The van der Waals surface area contributed by atoms with E-state index in [1.165, 1.54) is 12.1 Å². The van der Waals surface area contributed by atoms with Gasteiger partial charge in [-0.25, -0.2) is 0 Å². The van der Waals surface area contributed by atoms with Gasteiger partial charge in [0.25, 0.3) is 0 Å². The number of halogens is 3. The van der Waals surface area contributed by atoms with Crippen LogP contribution >= 0.6 is 0 Å². The van der Waals surface area contributed by atoms with Crippen LogP contribution in [0.25, 0.3) is 0 Å².